The third-order valence-electron chi connectivity index (χ3n) is 10.8. The second kappa shape index (κ2) is 15.1. The van der Waals surface area contributed by atoms with Crippen molar-refractivity contribution in [2.75, 3.05) is 20.1 Å². The Balaban J connectivity index is 0.926. The predicted molar refractivity (Wildman–Crippen MR) is 206 cm³/mol. The number of likely N-dealkylation sites (tertiary alicyclic amines) is 2. The van der Waals surface area contributed by atoms with Crippen molar-refractivity contribution < 1.29 is 19.5 Å². The number of carbonyl (C=O) groups excluding carboxylic acids is 2. The maximum absolute atomic E-state index is 13.9. The highest BCUT2D eigenvalue weighted by molar-refractivity contribution is 5.87. The Hall–Kier alpha value is -6.50. The number of nitrogens with zero attached hydrogens (tertiary/aromatic N) is 6. The molecule has 2 fully saturated rings. The van der Waals surface area contributed by atoms with E-state index in [0.717, 1.165) is 81.4 Å². The summed E-state index contributed by atoms with van der Waals surface area (Å²) in [6.07, 6.45) is 6.07. The standard InChI is InChI=1S/C42H43N9O4/c1-26-22-32(48-47-26)23-37(52)50-20-6-10-35(50)39-43-24-33(45-39)29-16-12-27(13-17-29)28-14-18-30(19-15-28)34-25-44-40(46-34)36-11-7-21-51(36)41(53)38(49(2)42(54)55)31-8-4-3-5-9-31/h3-5,8-9,12-19,22,24-25,35-36,38H,6-7,10-11,20-21,23H2,1-2H3,(H,43,45)(H,44,46)(H,47,48)(H,54,55)/t35-,36-,38+/m0/s1. The molecule has 13 nitrogen and oxygen atoms in total. The van der Waals surface area contributed by atoms with Crippen molar-refractivity contribution in [3.05, 3.63) is 126 Å². The minimum Gasteiger partial charge on any atom is -0.465 e. The molecule has 0 bridgehead atoms. The van der Waals surface area contributed by atoms with Gasteiger partial charge in [-0.05, 0) is 66.5 Å². The molecule has 0 saturated carbocycles. The molecule has 3 aromatic heterocycles. The van der Waals surface area contributed by atoms with Crippen LogP contribution in [0.1, 0.15) is 72.4 Å². The summed E-state index contributed by atoms with van der Waals surface area (Å²) in [5.74, 6) is 1.28. The van der Waals surface area contributed by atoms with Gasteiger partial charge < -0.3 is 24.9 Å². The average molecular weight is 738 g/mol. The van der Waals surface area contributed by atoms with E-state index in [1.807, 2.05) is 42.3 Å². The van der Waals surface area contributed by atoms with Crippen LogP contribution >= 0.6 is 0 Å². The molecule has 2 aliphatic heterocycles. The van der Waals surface area contributed by atoms with Crippen LogP contribution in [-0.4, -0.2) is 88.0 Å². The number of H-pyrrole nitrogens is 3. The molecule has 8 rings (SSSR count). The van der Waals surface area contributed by atoms with Gasteiger partial charge in [0.25, 0.3) is 5.91 Å². The van der Waals surface area contributed by atoms with Gasteiger partial charge in [0.1, 0.15) is 17.7 Å². The van der Waals surface area contributed by atoms with Crippen molar-refractivity contribution in [2.45, 2.75) is 57.2 Å². The van der Waals surface area contributed by atoms with Crippen LogP contribution in [0.15, 0.2) is 97.3 Å². The van der Waals surface area contributed by atoms with E-state index in [1.165, 1.54) is 7.05 Å². The van der Waals surface area contributed by atoms with Gasteiger partial charge in [0.2, 0.25) is 5.91 Å². The lowest BCUT2D eigenvalue weighted by atomic mass is 10.0. The van der Waals surface area contributed by atoms with Gasteiger partial charge in [0, 0.05) is 25.8 Å². The minimum absolute atomic E-state index is 0.0580. The molecule has 3 atom stereocenters. The van der Waals surface area contributed by atoms with Crippen molar-refractivity contribution in [3.8, 4) is 33.6 Å². The van der Waals surface area contributed by atoms with E-state index in [-0.39, 0.29) is 30.3 Å². The fourth-order valence-corrected chi connectivity index (χ4v) is 7.91. The zero-order chi connectivity index (χ0) is 38.1. The average Bonchev–Trinajstić information content (AvgIpc) is 4.06. The van der Waals surface area contributed by atoms with Crippen molar-refractivity contribution in [1.82, 2.24) is 44.8 Å². The van der Waals surface area contributed by atoms with Crippen LogP contribution in [0.4, 0.5) is 4.79 Å². The van der Waals surface area contributed by atoms with E-state index in [4.69, 9.17) is 0 Å². The Kier molecular flexibility index (Phi) is 9.75. The molecule has 0 unspecified atom stereocenters. The normalized spacial score (nSPS) is 17.4. The molecule has 3 aromatic carbocycles. The van der Waals surface area contributed by atoms with Gasteiger partial charge in [-0.3, -0.25) is 19.6 Å². The van der Waals surface area contributed by atoms with E-state index in [9.17, 15) is 19.5 Å². The molecule has 2 saturated heterocycles. The van der Waals surface area contributed by atoms with E-state index in [1.54, 1.807) is 23.2 Å². The maximum atomic E-state index is 13.9. The highest BCUT2D eigenvalue weighted by Crippen LogP contribution is 2.36. The summed E-state index contributed by atoms with van der Waals surface area (Å²) < 4.78 is 0. The molecule has 0 radical (unpaired) electrons. The smallest absolute Gasteiger partial charge is 0.407 e. The molecule has 280 valence electrons. The number of amides is 3. The van der Waals surface area contributed by atoms with Gasteiger partial charge in [-0.15, -0.1) is 0 Å². The van der Waals surface area contributed by atoms with Gasteiger partial charge in [0.15, 0.2) is 0 Å². The molecule has 3 amide bonds. The Morgan fingerprint density at radius 2 is 1.31 bits per heavy atom. The van der Waals surface area contributed by atoms with Gasteiger partial charge in [-0.1, -0.05) is 78.9 Å². The number of imidazole rings is 2. The number of aryl methyl sites for hydroxylation is 1. The second-order valence-electron chi connectivity index (χ2n) is 14.4. The molecule has 0 aliphatic carbocycles. The highest BCUT2D eigenvalue weighted by Gasteiger charge is 2.39. The van der Waals surface area contributed by atoms with Crippen LogP contribution in [0, 0.1) is 6.92 Å². The number of carbonyl (C=O) groups is 3. The van der Waals surface area contributed by atoms with Gasteiger partial charge in [0.05, 0.1) is 48.0 Å². The van der Waals surface area contributed by atoms with E-state index in [0.29, 0.717) is 24.5 Å². The highest BCUT2D eigenvalue weighted by atomic mass is 16.4. The van der Waals surface area contributed by atoms with Crippen molar-refractivity contribution >= 4 is 17.9 Å². The zero-order valence-corrected chi connectivity index (χ0v) is 30.8. The maximum Gasteiger partial charge on any atom is 0.407 e. The monoisotopic (exact) mass is 737 g/mol. The number of rotatable bonds is 10. The lowest BCUT2D eigenvalue weighted by molar-refractivity contribution is -0.137. The van der Waals surface area contributed by atoms with Crippen molar-refractivity contribution in [3.63, 3.8) is 0 Å². The minimum atomic E-state index is -1.16. The second-order valence-corrected chi connectivity index (χ2v) is 14.4. The topological polar surface area (TPSA) is 167 Å². The zero-order valence-electron chi connectivity index (χ0n) is 30.8. The predicted octanol–water partition coefficient (Wildman–Crippen LogP) is 7.09. The van der Waals surface area contributed by atoms with E-state index >= 15 is 0 Å². The van der Waals surface area contributed by atoms with Crippen LogP contribution in [-0.2, 0) is 16.0 Å². The summed E-state index contributed by atoms with van der Waals surface area (Å²) in [5, 5.41) is 16.9. The number of hydrogen-bond donors (Lipinski definition) is 4. The number of likely N-dealkylation sites (N-methyl/N-ethyl adjacent to an activating group) is 1. The Bertz CT molecular complexity index is 2290. The van der Waals surface area contributed by atoms with Crippen LogP contribution in [0.3, 0.4) is 0 Å². The molecule has 4 N–H and O–H groups in total. The fraction of sp³-hybridized carbons (Fsp3) is 0.286. The number of aromatic amines is 3. The van der Waals surface area contributed by atoms with Gasteiger partial charge in [-0.2, -0.15) is 5.10 Å². The Morgan fingerprint density at radius 1 is 0.782 bits per heavy atom. The first-order valence-corrected chi connectivity index (χ1v) is 18.7. The third kappa shape index (κ3) is 7.25. The Labute approximate surface area is 318 Å². The van der Waals surface area contributed by atoms with Crippen LogP contribution in [0.2, 0.25) is 0 Å². The van der Waals surface area contributed by atoms with Crippen LogP contribution in [0.25, 0.3) is 33.6 Å². The number of nitrogens with one attached hydrogen (secondary N) is 3. The summed E-state index contributed by atoms with van der Waals surface area (Å²) in [7, 11) is 1.43. The number of hydrogen-bond acceptors (Lipinski definition) is 6. The number of carboxylic acid groups (broad SMARTS) is 1. The molecular weight excluding hydrogens is 695 g/mol. The van der Waals surface area contributed by atoms with E-state index in [2.05, 4.69) is 78.7 Å². The number of benzene rings is 3. The first-order valence-electron chi connectivity index (χ1n) is 18.7. The molecule has 5 heterocycles. The third-order valence-corrected chi connectivity index (χ3v) is 10.8. The lowest BCUT2D eigenvalue weighted by Gasteiger charge is -2.32. The van der Waals surface area contributed by atoms with E-state index < -0.39 is 12.1 Å². The molecular formula is C42H43N9O4. The first-order chi connectivity index (χ1) is 26.7. The molecule has 55 heavy (non-hydrogen) atoms. The summed E-state index contributed by atoms with van der Waals surface area (Å²) in [5.41, 5.74) is 8.18. The van der Waals surface area contributed by atoms with Gasteiger partial charge in [-0.25, -0.2) is 14.8 Å². The SMILES string of the molecule is Cc1cc(CC(=O)N2CCC[C@H]2c2ncc(-c3ccc(-c4ccc(-c5cnc([C@@H]6CCCN6C(=O)[C@@H](c6ccccc6)N(C)C(=O)O)[nH]5)cc4)cc3)[nH]2)n[nH]1. The van der Waals surface area contributed by atoms with Gasteiger partial charge >= 0.3 is 6.09 Å². The molecule has 2 aliphatic rings. The first kappa shape index (κ1) is 35.5. The van der Waals surface area contributed by atoms with Crippen LogP contribution < -0.4 is 0 Å². The Morgan fingerprint density at radius 3 is 1.84 bits per heavy atom. The summed E-state index contributed by atoms with van der Waals surface area (Å²) >= 11 is 0. The van der Waals surface area contributed by atoms with Crippen molar-refractivity contribution in [1.29, 1.82) is 0 Å². The summed E-state index contributed by atoms with van der Waals surface area (Å²) in [4.78, 5) is 60.1. The lowest BCUT2D eigenvalue weighted by Crippen LogP contribution is -2.43. The number of aromatic nitrogens is 6. The molecule has 0 spiro atoms. The summed E-state index contributed by atoms with van der Waals surface area (Å²) in [6.45, 7) is 3.16. The summed E-state index contributed by atoms with van der Waals surface area (Å²) in [6, 6.07) is 26.2. The molecule has 6 aromatic rings. The van der Waals surface area contributed by atoms with Crippen LogP contribution in [0.5, 0.6) is 0 Å². The quantitative estimate of drug-likeness (QED) is 0.117. The largest absolute Gasteiger partial charge is 0.465 e. The fourth-order valence-electron chi connectivity index (χ4n) is 7.91. The molecule has 13 heteroatoms. The van der Waals surface area contributed by atoms with Crippen molar-refractivity contribution in [2.24, 2.45) is 0 Å².